The molecule has 0 aliphatic heterocycles. The van der Waals surface area contributed by atoms with Crippen molar-refractivity contribution in [3.8, 4) is 11.5 Å². The monoisotopic (exact) mass is 461 g/mol. The van der Waals surface area contributed by atoms with Gasteiger partial charge in [-0.3, -0.25) is 14.5 Å². The molecule has 10 heteroatoms. The summed E-state index contributed by atoms with van der Waals surface area (Å²) < 4.78 is 41.1. The molecule has 3 heterocycles. The van der Waals surface area contributed by atoms with E-state index in [1.54, 1.807) is 24.7 Å². The van der Waals surface area contributed by atoms with E-state index in [0.29, 0.717) is 28.8 Å². The molecule has 0 unspecified atom stereocenters. The van der Waals surface area contributed by atoms with Crippen LogP contribution in [0.4, 0.5) is 13.2 Å². The average molecular weight is 462 g/mol. The molecule has 0 amide bonds. The van der Waals surface area contributed by atoms with E-state index in [9.17, 15) is 13.2 Å². The van der Waals surface area contributed by atoms with Crippen LogP contribution in [0.15, 0.2) is 72.3 Å². The highest BCUT2D eigenvalue weighted by molar-refractivity contribution is 7.98. The quantitative estimate of drug-likeness (QED) is 0.342. The largest absolute Gasteiger partial charge is 0.416 e. The Bertz CT molecular complexity index is 1170. The van der Waals surface area contributed by atoms with E-state index in [0.717, 1.165) is 17.7 Å². The molecule has 0 saturated heterocycles. The zero-order chi connectivity index (χ0) is 21.8. The van der Waals surface area contributed by atoms with Gasteiger partial charge in [0.1, 0.15) is 5.69 Å². The summed E-state index contributed by atoms with van der Waals surface area (Å²) in [6.45, 7) is 0.436. The topological polar surface area (TPSA) is 56.5 Å². The fourth-order valence-electron chi connectivity index (χ4n) is 2.90. The van der Waals surface area contributed by atoms with E-state index in [1.807, 2.05) is 28.8 Å². The highest BCUT2D eigenvalue weighted by Gasteiger charge is 2.31. The van der Waals surface area contributed by atoms with Crippen molar-refractivity contribution in [2.75, 3.05) is 0 Å². The third-order valence-electron chi connectivity index (χ3n) is 4.40. The first kappa shape index (κ1) is 21.3. The molecule has 158 valence electrons. The second kappa shape index (κ2) is 9.07. The van der Waals surface area contributed by atoms with Gasteiger partial charge in [-0.2, -0.15) is 13.2 Å². The van der Waals surface area contributed by atoms with Gasteiger partial charge < -0.3 is 0 Å². The number of rotatable bonds is 6. The molecule has 4 rings (SSSR count). The van der Waals surface area contributed by atoms with Crippen molar-refractivity contribution >= 4 is 23.4 Å². The van der Waals surface area contributed by atoms with Crippen molar-refractivity contribution in [1.82, 2.24) is 24.7 Å². The molecule has 4 aromatic rings. The van der Waals surface area contributed by atoms with Crippen LogP contribution < -0.4 is 0 Å². The van der Waals surface area contributed by atoms with Gasteiger partial charge in [0.15, 0.2) is 11.0 Å². The van der Waals surface area contributed by atoms with Crippen LogP contribution >= 0.6 is 23.4 Å². The van der Waals surface area contributed by atoms with Crippen LogP contribution in [0.1, 0.15) is 16.7 Å². The van der Waals surface area contributed by atoms with Crippen LogP contribution in [0.3, 0.4) is 0 Å². The molecule has 5 nitrogen and oxygen atoms in total. The van der Waals surface area contributed by atoms with Gasteiger partial charge in [-0.1, -0.05) is 35.5 Å². The Morgan fingerprint density at radius 3 is 2.58 bits per heavy atom. The van der Waals surface area contributed by atoms with Gasteiger partial charge in [-0.05, 0) is 47.5 Å². The molecule has 0 atom stereocenters. The Balaban J connectivity index is 1.65. The van der Waals surface area contributed by atoms with Crippen LogP contribution in [0.25, 0.3) is 11.5 Å². The zero-order valence-electron chi connectivity index (χ0n) is 15.9. The molecule has 31 heavy (non-hydrogen) atoms. The van der Waals surface area contributed by atoms with Crippen molar-refractivity contribution in [2.45, 2.75) is 23.6 Å². The van der Waals surface area contributed by atoms with Crippen molar-refractivity contribution in [2.24, 2.45) is 0 Å². The summed E-state index contributed by atoms with van der Waals surface area (Å²) in [6.07, 6.45) is 0.644. The number of pyridine rings is 2. The lowest BCUT2D eigenvalue weighted by Gasteiger charge is -2.12. The van der Waals surface area contributed by atoms with Crippen LogP contribution in [0.5, 0.6) is 0 Å². The summed E-state index contributed by atoms with van der Waals surface area (Å²) in [4.78, 5) is 8.48. The molecule has 1 aromatic carbocycles. The molecule has 0 radical (unpaired) electrons. The summed E-state index contributed by atoms with van der Waals surface area (Å²) in [5.41, 5.74) is 1.21. The number of hydrogen-bond acceptors (Lipinski definition) is 5. The van der Waals surface area contributed by atoms with E-state index in [1.165, 1.54) is 17.8 Å². The first-order valence-corrected chi connectivity index (χ1v) is 10.5. The number of nitrogens with zero attached hydrogens (tertiary/aromatic N) is 5. The summed E-state index contributed by atoms with van der Waals surface area (Å²) in [7, 11) is 0. The number of hydrogen-bond donors (Lipinski definition) is 0. The standard InChI is InChI=1S/C21H15ClF3N5S/c22-17-7-6-16(21(23,24)25)10-15(17)13-31-20-29-28-19(18-5-1-2-9-27-18)30(20)12-14-4-3-8-26-11-14/h1-11H,12-13H2. The minimum Gasteiger partial charge on any atom is -0.296 e. The number of halogens is 4. The number of thioether (sulfide) groups is 1. The molecule has 0 spiro atoms. The molecule has 0 fully saturated rings. The Morgan fingerprint density at radius 1 is 1.00 bits per heavy atom. The van der Waals surface area contributed by atoms with Crippen molar-refractivity contribution in [3.63, 3.8) is 0 Å². The molecule has 0 saturated carbocycles. The van der Waals surface area contributed by atoms with E-state index >= 15 is 0 Å². The van der Waals surface area contributed by atoms with Crippen molar-refractivity contribution in [3.05, 3.63) is 88.8 Å². The Hall–Kier alpha value is -2.91. The SMILES string of the molecule is FC(F)(F)c1ccc(Cl)c(CSc2nnc(-c3ccccn3)n2Cc2cccnc2)c1. The smallest absolute Gasteiger partial charge is 0.296 e. The normalized spacial score (nSPS) is 11.6. The number of alkyl halides is 3. The number of aromatic nitrogens is 5. The minimum atomic E-state index is -4.43. The fraction of sp³-hybridized carbons (Fsp3) is 0.143. The van der Waals surface area contributed by atoms with Crippen LogP contribution in [0, 0.1) is 0 Å². The summed E-state index contributed by atoms with van der Waals surface area (Å²) in [6, 6.07) is 12.5. The molecule has 0 bridgehead atoms. The Labute approximate surface area is 185 Å². The second-order valence-electron chi connectivity index (χ2n) is 6.56. The van der Waals surface area contributed by atoms with Crippen LogP contribution in [0.2, 0.25) is 5.02 Å². The first-order chi connectivity index (χ1) is 14.9. The van der Waals surface area contributed by atoms with E-state index in [-0.39, 0.29) is 10.8 Å². The van der Waals surface area contributed by atoms with Crippen LogP contribution in [-0.4, -0.2) is 24.7 Å². The summed E-state index contributed by atoms with van der Waals surface area (Å²) in [5, 5.41) is 9.33. The minimum absolute atomic E-state index is 0.205. The molecule has 3 aromatic heterocycles. The third-order valence-corrected chi connectivity index (χ3v) is 5.79. The Kier molecular flexibility index (Phi) is 6.24. The van der Waals surface area contributed by atoms with Crippen molar-refractivity contribution in [1.29, 1.82) is 0 Å². The third kappa shape index (κ3) is 5.05. The maximum Gasteiger partial charge on any atom is 0.416 e. The molecule has 0 aliphatic carbocycles. The van der Waals surface area contributed by atoms with Crippen molar-refractivity contribution < 1.29 is 13.2 Å². The van der Waals surface area contributed by atoms with Gasteiger partial charge in [0.2, 0.25) is 0 Å². The van der Waals surface area contributed by atoms with Gasteiger partial charge >= 0.3 is 6.18 Å². The van der Waals surface area contributed by atoms with Gasteiger partial charge in [0, 0.05) is 29.4 Å². The maximum absolute atomic E-state index is 13.1. The van der Waals surface area contributed by atoms with Gasteiger partial charge in [0.05, 0.1) is 12.1 Å². The molecular formula is C21H15ClF3N5S. The number of benzene rings is 1. The summed E-state index contributed by atoms with van der Waals surface area (Å²) in [5.74, 6) is 0.762. The zero-order valence-corrected chi connectivity index (χ0v) is 17.5. The molecule has 0 N–H and O–H groups in total. The van der Waals surface area contributed by atoms with Gasteiger partial charge in [-0.25, -0.2) is 0 Å². The Morgan fingerprint density at radius 2 is 1.87 bits per heavy atom. The van der Waals surface area contributed by atoms with Gasteiger partial charge in [0.25, 0.3) is 0 Å². The predicted molar refractivity (Wildman–Crippen MR) is 113 cm³/mol. The predicted octanol–water partition coefficient (Wildman–Crippen LogP) is 5.75. The average Bonchev–Trinajstić information content (AvgIpc) is 3.16. The van der Waals surface area contributed by atoms with E-state index in [4.69, 9.17) is 11.6 Å². The maximum atomic E-state index is 13.1. The highest BCUT2D eigenvalue weighted by Crippen LogP contribution is 2.34. The van der Waals surface area contributed by atoms with E-state index in [2.05, 4.69) is 20.2 Å². The van der Waals surface area contributed by atoms with Gasteiger partial charge in [-0.15, -0.1) is 10.2 Å². The first-order valence-electron chi connectivity index (χ1n) is 9.14. The molecular weight excluding hydrogens is 447 g/mol. The van der Waals surface area contributed by atoms with E-state index < -0.39 is 11.7 Å². The lowest BCUT2D eigenvalue weighted by Crippen LogP contribution is -2.06. The highest BCUT2D eigenvalue weighted by atomic mass is 35.5. The summed E-state index contributed by atoms with van der Waals surface area (Å²) >= 11 is 7.40. The van der Waals surface area contributed by atoms with Crippen LogP contribution in [-0.2, 0) is 18.5 Å². The molecule has 0 aliphatic rings. The lowest BCUT2D eigenvalue weighted by molar-refractivity contribution is -0.137. The second-order valence-corrected chi connectivity index (χ2v) is 7.91. The lowest BCUT2D eigenvalue weighted by atomic mass is 10.1. The fourth-order valence-corrected chi connectivity index (χ4v) is 4.09.